The van der Waals surface area contributed by atoms with E-state index in [-0.39, 0.29) is 0 Å². The molecule has 1 aromatic carbocycles. The van der Waals surface area contributed by atoms with E-state index in [1.165, 1.54) is 0 Å². The Morgan fingerprint density at radius 2 is 2.00 bits per heavy atom. The van der Waals surface area contributed by atoms with Crippen molar-refractivity contribution in [3.8, 4) is 22.9 Å². The van der Waals surface area contributed by atoms with E-state index in [0.29, 0.717) is 17.3 Å². The van der Waals surface area contributed by atoms with E-state index in [4.69, 9.17) is 10.1 Å². The van der Waals surface area contributed by atoms with Crippen molar-refractivity contribution in [1.82, 2.24) is 24.4 Å². The Hall–Kier alpha value is -3.48. The number of benzene rings is 1. The number of aromatic nitrogens is 5. The molecule has 0 atom stereocenters. The lowest BCUT2D eigenvalue weighted by Gasteiger charge is -2.13. The summed E-state index contributed by atoms with van der Waals surface area (Å²) in [4.78, 5) is 4.68. The topological polar surface area (TPSA) is 81.1 Å². The highest BCUT2D eigenvalue weighted by Gasteiger charge is 2.14. The second kappa shape index (κ2) is 6.11. The molecule has 3 heterocycles. The van der Waals surface area contributed by atoms with Crippen LogP contribution < -0.4 is 4.74 Å². The van der Waals surface area contributed by atoms with Gasteiger partial charge in [0.15, 0.2) is 0 Å². The van der Waals surface area contributed by atoms with E-state index in [0.717, 1.165) is 27.9 Å². The molecule has 7 heteroatoms. The zero-order valence-corrected chi connectivity index (χ0v) is 14.8. The summed E-state index contributed by atoms with van der Waals surface area (Å²) >= 11 is 0. The molecule has 0 fully saturated rings. The van der Waals surface area contributed by atoms with Gasteiger partial charge in [0.05, 0.1) is 24.3 Å². The molecule has 1 N–H and O–H groups in total. The fraction of sp³-hybridized carbons (Fsp3) is 0.158. The number of rotatable bonds is 4. The van der Waals surface area contributed by atoms with Crippen LogP contribution in [0.25, 0.3) is 16.8 Å². The van der Waals surface area contributed by atoms with Gasteiger partial charge in [0, 0.05) is 35.6 Å². The summed E-state index contributed by atoms with van der Waals surface area (Å²) < 4.78 is 9.61. The summed E-state index contributed by atoms with van der Waals surface area (Å²) in [5.74, 6) is 1.14. The van der Waals surface area contributed by atoms with Gasteiger partial charge in [-0.3, -0.25) is 4.68 Å². The molecule has 0 saturated heterocycles. The second-order valence-electron chi connectivity index (χ2n) is 6.15. The van der Waals surface area contributed by atoms with Gasteiger partial charge in [-0.25, -0.2) is 9.50 Å². The van der Waals surface area contributed by atoms with Crippen LogP contribution in [0.1, 0.15) is 18.1 Å². The van der Waals surface area contributed by atoms with Gasteiger partial charge >= 0.3 is 0 Å². The molecular weight excluding hydrogens is 328 g/mol. The van der Waals surface area contributed by atoms with Crippen LogP contribution in [0.3, 0.4) is 0 Å². The Morgan fingerprint density at radius 3 is 2.73 bits per heavy atom. The number of nitrogens with one attached hydrogen (secondary N) is 1. The number of ether oxygens (including phenoxy) is 1. The average molecular weight is 346 g/mol. The molecule has 0 aliphatic heterocycles. The third kappa shape index (κ3) is 2.73. The summed E-state index contributed by atoms with van der Waals surface area (Å²) in [6.07, 6.45) is 7.21. The number of nitrogens with zero attached hydrogens (tertiary/aromatic N) is 5. The molecule has 4 rings (SSSR count). The minimum absolute atomic E-state index is 0.465. The smallest absolute Gasteiger partial charge is 0.246 e. The second-order valence-corrected chi connectivity index (χ2v) is 6.15. The Bertz CT molecular complexity index is 1120. The first-order valence-corrected chi connectivity index (χ1v) is 8.19. The molecule has 0 unspecified atom stereocenters. The first kappa shape index (κ1) is 16.0. The average Bonchev–Trinajstić information content (AvgIpc) is 3.25. The van der Waals surface area contributed by atoms with Gasteiger partial charge in [-0.05, 0) is 26.0 Å². The Balaban J connectivity index is 1.83. The van der Waals surface area contributed by atoms with Gasteiger partial charge < -0.3 is 10.1 Å². The maximum Gasteiger partial charge on any atom is 0.246 e. The minimum Gasteiger partial charge on any atom is -0.437 e. The summed E-state index contributed by atoms with van der Waals surface area (Å²) in [6.45, 7) is 3.71. The monoisotopic (exact) mass is 346 g/mol. The predicted molar refractivity (Wildman–Crippen MR) is 98.9 cm³/mol. The number of fused-ring (bicyclic) bond motifs is 1. The molecule has 130 valence electrons. The lowest BCUT2D eigenvalue weighted by atomic mass is 10.0. The quantitative estimate of drug-likeness (QED) is 0.572. The van der Waals surface area contributed by atoms with E-state index < -0.39 is 0 Å². The van der Waals surface area contributed by atoms with Crippen LogP contribution in [0.5, 0.6) is 11.6 Å². The van der Waals surface area contributed by atoms with E-state index in [1.807, 2.05) is 50.6 Å². The minimum atomic E-state index is 0.465. The highest BCUT2D eigenvalue weighted by molar-refractivity contribution is 5.98. The molecule has 26 heavy (non-hydrogen) atoms. The van der Waals surface area contributed by atoms with Crippen molar-refractivity contribution < 1.29 is 4.74 Å². The van der Waals surface area contributed by atoms with Gasteiger partial charge in [0.1, 0.15) is 11.3 Å². The van der Waals surface area contributed by atoms with Crippen molar-refractivity contribution >= 4 is 11.2 Å². The Morgan fingerprint density at radius 1 is 1.15 bits per heavy atom. The molecule has 0 bridgehead atoms. The lowest BCUT2D eigenvalue weighted by molar-refractivity contribution is 0.462. The van der Waals surface area contributed by atoms with Crippen molar-refractivity contribution in [2.75, 3.05) is 0 Å². The SMILES string of the molecule is CC(=N)c1cccc(Oc2nc(-c3cnn(C)c3)cn3nccc23)c1C. The van der Waals surface area contributed by atoms with E-state index in [1.54, 1.807) is 28.5 Å². The zero-order chi connectivity index (χ0) is 18.3. The molecule has 4 aromatic rings. The summed E-state index contributed by atoms with van der Waals surface area (Å²) in [7, 11) is 1.86. The highest BCUT2D eigenvalue weighted by Crippen LogP contribution is 2.30. The number of aryl methyl sites for hydroxylation is 1. The molecule has 0 aliphatic carbocycles. The molecular formula is C19H18N6O. The van der Waals surface area contributed by atoms with Crippen molar-refractivity contribution in [3.63, 3.8) is 0 Å². The third-order valence-corrected chi connectivity index (χ3v) is 4.25. The number of hydrogen-bond acceptors (Lipinski definition) is 5. The van der Waals surface area contributed by atoms with E-state index in [2.05, 4.69) is 15.2 Å². The van der Waals surface area contributed by atoms with Crippen molar-refractivity contribution in [1.29, 1.82) is 5.41 Å². The fourth-order valence-electron chi connectivity index (χ4n) is 2.90. The largest absolute Gasteiger partial charge is 0.437 e. The van der Waals surface area contributed by atoms with Crippen LogP contribution in [0.2, 0.25) is 0 Å². The molecule has 0 spiro atoms. The van der Waals surface area contributed by atoms with Crippen molar-refractivity contribution in [3.05, 3.63) is 60.2 Å². The molecule has 0 amide bonds. The summed E-state index contributed by atoms with van der Waals surface area (Å²) in [6, 6.07) is 7.54. The molecule has 3 aromatic heterocycles. The van der Waals surface area contributed by atoms with Crippen LogP contribution >= 0.6 is 0 Å². The van der Waals surface area contributed by atoms with Crippen molar-refractivity contribution in [2.24, 2.45) is 7.05 Å². The summed E-state index contributed by atoms with van der Waals surface area (Å²) in [5, 5.41) is 16.4. The standard InChI is InChI=1S/C19H18N6O/c1-12-15(13(2)20)5-4-6-18(12)26-19-17-7-8-21-25(17)11-16(23-19)14-9-22-24(3)10-14/h4-11,20H,1-3H3. The van der Waals surface area contributed by atoms with Gasteiger partial charge in [-0.2, -0.15) is 10.2 Å². The molecule has 0 saturated carbocycles. The zero-order valence-electron chi connectivity index (χ0n) is 14.8. The maximum absolute atomic E-state index is 7.91. The van der Waals surface area contributed by atoms with Gasteiger partial charge in [0.2, 0.25) is 5.88 Å². The highest BCUT2D eigenvalue weighted by atomic mass is 16.5. The Labute approximate surface area is 150 Å². The fourth-order valence-corrected chi connectivity index (χ4v) is 2.90. The molecule has 0 radical (unpaired) electrons. The van der Waals surface area contributed by atoms with Crippen LogP contribution in [0.4, 0.5) is 0 Å². The maximum atomic E-state index is 7.91. The van der Waals surface area contributed by atoms with Crippen LogP contribution in [-0.2, 0) is 7.05 Å². The van der Waals surface area contributed by atoms with Crippen LogP contribution in [0, 0.1) is 12.3 Å². The van der Waals surface area contributed by atoms with Crippen LogP contribution in [0.15, 0.2) is 49.1 Å². The van der Waals surface area contributed by atoms with Crippen LogP contribution in [-0.4, -0.2) is 30.1 Å². The van der Waals surface area contributed by atoms with E-state index >= 15 is 0 Å². The third-order valence-electron chi connectivity index (χ3n) is 4.25. The first-order chi connectivity index (χ1) is 12.5. The molecule has 7 nitrogen and oxygen atoms in total. The van der Waals surface area contributed by atoms with Gasteiger partial charge in [-0.1, -0.05) is 12.1 Å². The normalized spacial score (nSPS) is 11.0. The van der Waals surface area contributed by atoms with Crippen molar-refractivity contribution in [2.45, 2.75) is 13.8 Å². The van der Waals surface area contributed by atoms with Gasteiger partial charge in [-0.15, -0.1) is 0 Å². The predicted octanol–water partition coefficient (Wildman–Crippen LogP) is 3.62. The summed E-state index contributed by atoms with van der Waals surface area (Å²) in [5.41, 5.74) is 4.65. The molecule has 0 aliphatic rings. The van der Waals surface area contributed by atoms with E-state index in [9.17, 15) is 0 Å². The first-order valence-electron chi connectivity index (χ1n) is 8.19. The Kier molecular flexibility index (Phi) is 3.76. The lowest BCUT2D eigenvalue weighted by Crippen LogP contribution is -2.01. The number of hydrogen-bond donors (Lipinski definition) is 1. The van der Waals surface area contributed by atoms with Gasteiger partial charge in [0.25, 0.3) is 0 Å².